The Bertz CT molecular complexity index is 778. The van der Waals surface area contributed by atoms with Crippen molar-refractivity contribution in [3.63, 3.8) is 0 Å². The molecule has 0 saturated carbocycles. The Kier molecular flexibility index (Phi) is 4.12. The van der Waals surface area contributed by atoms with Crippen LogP contribution in [0.5, 0.6) is 0 Å². The van der Waals surface area contributed by atoms with Gasteiger partial charge in [0.15, 0.2) is 0 Å². The second kappa shape index (κ2) is 6.07. The predicted octanol–water partition coefficient (Wildman–Crippen LogP) is 1.59. The zero-order chi connectivity index (χ0) is 16.6. The Hall–Kier alpha value is -2.29. The quantitative estimate of drug-likeness (QED) is 0.671. The summed E-state index contributed by atoms with van der Waals surface area (Å²) in [5.74, 6) is 0.238. The molecule has 1 N–H and O–H groups in total. The predicted molar refractivity (Wildman–Crippen MR) is 86.1 cm³/mol. The molecular weight excluding hydrogens is 316 g/mol. The van der Waals surface area contributed by atoms with E-state index >= 15 is 0 Å². The summed E-state index contributed by atoms with van der Waals surface area (Å²) in [4.78, 5) is 16.9. The average molecular weight is 334 g/mol. The van der Waals surface area contributed by atoms with Crippen LogP contribution in [0.25, 0.3) is 0 Å². The van der Waals surface area contributed by atoms with E-state index in [9.17, 15) is 4.79 Å². The molecule has 0 aliphatic carbocycles. The zero-order valence-corrected chi connectivity index (χ0v) is 14.2. The summed E-state index contributed by atoms with van der Waals surface area (Å²) in [6, 6.07) is 1.44. The zero-order valence-electron chi connectivity index (χ0n) is 13.4. The van der Waals surface area contributed by atoms with Crippen molar-refractivity contribution in [2.24, 2.45) is 7.05 Å². The van der Waals surface area contributed by atoms with E-state index in [4.69, 9.17) is 4.74 Å². The molecule has 1 aliphatic rings. The molecular formula is C14H18N6O2S. The third kappa shape index (κ3) is 2.61. The van der Waals surface area contributed by atoms with Crippen LogP contribution in [0.4, 0.5) is 5.95 Å². The molecule has 2 aromatic rings. The molecule has 0 saturated heterocycles. The van der Waals surface area contributed by atoms with Crippen LogP contribution in [0.2, 0.25) is 0 Å². The van der Waals surface area contributed by atoms with Gasteiger partial charge >= 0.3 is 5.97 Å². The number of nitrogens with one attached hydrogen (secondary N) is 1. The normalized spacial score (nSPS) is 17.0. The number of ether oxygens (including phenoxy) is 1. The lowest BCUT2D eigenvalue weighted by Gasteiger charge is -2.27. The number of aromatic nitrogens is 5. The Balaban J connectivity index is 2.17. The highest BCUT2D eigenvalue weighted by Gasteiger charge is 2.36. The molecule has 3 rings (SSSR count). The average Bonchev–Trinajstić information content (AvgIpc) is 3.11. The molecule has 9 heteroatoms. The number of hydrogen-bond acceptors (Lipinski definition) is 7. The number of aryl methyl sites for hydroxylation is 1. The van der Waals surface area contributed by atoms with Gasteiger partial charge in [-0.05, 0) is 26.2 Å². The highest BCUT2D eigenvalue weighted by molar-refractivity contribution is 7.98. The molecule has 0 aromatic carbocycles. The SMILES string of the molecule is CCOC(=O)C1=C(C)Nc2nc(SC)nn2[C@@H]1c1ccnn1C. The monoisotopic (exact) mass is 334 g/mol. The van der Waals surface area contributed by atoms with Crippen LogP contribution >= 0.6 is 11.8 Å². The Morgan fingerprint density at radius 1 is 1.52 bits per heavy atom. The summed E-state index contributed by atoms with van der Waals surface area (Å²) in [6.07, 6.45) is 3.61. The molecule has 3 heterocycles. The summed E-state index contributed by atoms with van der Waals surface area (Å²) in [6.45, 7) is 3.94. The number of rotatable bonds is 4. The summed E-state index contributed by atoms with van der Waals surface area (Å²) in [5.41, 5.74) is 2.07. The van der Waals surface area contributed by atoms with Crippen LogP contribution in [0, 0.1) is 0 Å². The minimum absolute atomic E-state index is 0.313. The van der Waals surface area contributed by atoms with Gasteiger partial charge in [0, 0.05) is 18.9 Å². The molecule has 0 radical (unpaired) electrons. The number of fused-ring (bicyclic) bond motifs is 1. The van der Waals surface area contributed by atoms with Crippen LogP contribution in [0.1, 0.15) is 25.6 Å². The number of hydrogen-bond donors (Lipinski definition) is 1. The summed E-state index contributed by atoms with van der Waals surface area (Å²) < 4.78 is 8.67. The van der Waals surface area contributed by atoms with Gasteiger partial charge in [-0.15, -0.1) is 5.10 Å². The van der Waals surface area contributed by atoms with Crippen LogP contribution in [0.3, 0.4) is 0 Å². The van der Waals surface area contributed by atoms with E-state index in [1.807, 2.05) is 26.3 Å². The van der Waals surface area contributed by atoms with Gasteiger partial charge in [0.2, 0.25) is 11.1 Å². The lowest BCUT2D eigenvalue weighted by molar-refractivity contribution is -0.139. The Morgan fingerprint density at radius 2 is 2.30 bits per heavy atom. The fourth-order valence-corrected chi connectivity index (χ4v) is 2.96. The second-order valence-corrected chi connectivity index (χ2v) is 5.81. The second-order valence-electron chi connectivity index (χ2n) is 5.03. The molecule has 0 bridgehead atoms. The number of nitrogens with zero attached hydrogens (tertiary/aromatic N) is 5. The van der Waals surface area contributed by atoms with E-state index in [1.54, 1.807) is 22.5 Å². The third-order valence-electron chi connectivity index (χ3n) is 3.65. The molecule has 0 fully saturated rings. The largest absolute Gasteiger partial charge is 0.463 e. The van der Waals surface area contributed by atoms with Crippen molar-refractivity contribution in [2.75, 3.05) is 18.2 Å². The maximum Gasteiger partial charge on any atom is 0.338 e. The van der Waals surface area contributed by atoms with Crippen LogP contribution in [-0.4, -0.2) is 43.4 Å². The van der Waals surface area contributed by atoms with Crippen molar-refractivity contribution in [1.29, 1.82) is 0 Å². The van der Waals surface area contributed by atoms with Crippen LogP contribution < -0.4 is 5.32 Å². The van der Waals surface area contributed by atoms with Gasteiger partial charge in [-0.2, -0.15) is 10.1 Å². The van der Waals surface area contributed by atoms with Gasteiger partial charge in [0.05, 0.1) is 17.9 Å². The Labute approximate surface area is 137 Å². The first-order chi connectivity index (χ1) is 11.1. The van der Waals surface area contributed by atoms with Gasteiger partial charge < -0.3 is 10.1 Å². The number of carbonyl (C=O) groups excluding carboxylic acids is 1. The number of esters is 1. The van der Waals surface area contributed by atoms with E-state index in [2.05, 4.69) is 20.5 Å². The number of anilines is 1. The molecule has 23 heavy (non-hydrogen) atoms. The van der Waals surface area contributed by atoms with Crippen molar-refractivity contribution in [3.05, 3.63) is 29.2 Å². The summed E-state index contributed by atoms with van der Waals surface area (Å²) in [5, 5.41) is 12.5. The molecule has 1 aliphatic heterocycles. The number of allylic oxidation sites excluding steroid dienone is 1. The topological polar surface area (TPSA) is 86.9 Å². The van der Waals surface area contributed by atoms with Crippen molar-refractivity contribution < 1.29 is 9.53 Å². The fraction of sp³-hybridized carbons (Fsp3) is 0.429. The minimum Gasteiger partial charge on any atom is -0.463 e. The Morgan fingerprint density at radius 3 is 2.91 bits per heavy atom. The lowest BCUT2D eigenvalue weighted by atomic mass is 10.0. The lowest BCUT2D eigenvalue weighted by Crippen LogP contribution is -2.30. The van der Waals surface area contributed by atoms with Gasteiger partial charge in [-0.25, -0.2) is 9.48 Å². The van der Waals surface area contributed by atoms with Crippen molar-refractivity contribution >= 4 is 23.7 Å². The maximum absolute atomic E-state index is 12.5. The molecule has 122 valence electrons. The molecule has 1 atom stereocenters. The van der Waals surface area contributed by atoms with Crippen molar-refractivity contribution in [2.45, 2.75) is 25.0 Å². The minimum atomic E-state index is -0.425. The smallest absolute Gasteiger partial charge is 0.338 e. The first-order valence-electron chi connectivity index (χ1n) is 7.20. The van der Waals surface area contributed by atoms with Crippen molar-refractivity contribution in [3.8, 4) is 0 Å². The standard InChI is InChI=1S/C14H18N6O2S/c1-5-22-12(21)10-8(2)16-13-17-14(23-4)18-20(13)11(10)9-6-7-15-19(9)3/h6-7,11H,5H2,1-4H3,(H,16,17,18)/t11-/m1/s1. The van der Waals surface area contributed by atoms with Gasteiger partial charge in [0.1, 0.15) is 6.04 Å². The summed E-state index contributed by atoms with van der Waals surface area (Å²) >= 11 is 1.45. The molecule has 0 spiro atoms. The van der Waals surface area contributed by atoms with E-state index < -0.39 is 6.04 Å². The van der Waals surface area contributed by atoms with Crippen LogP contribution in [-0.2, 0) is 16.6 Å². The first-order valence-corrected chi connectivity index (χ1v) is 8.42. The molecule has 2 aromatic heterocycles. The molecule has 0 amide bonds. The van der Waals surface area contributed by atoms with E-state index in [1.165, 1.54) is 11.8 Å². The summed E-state index contributed by atoms with van der Waals surface area (Å²) in [7, 11) is 1.83. The number of carbonyl (C=O) groups is 1. The van der Waals surface area contributed by atoms with Crippen LogP contribution in [0.15, 0.2) is 28.7 Å². The van der Waals surface area contributed by atoms with E-state index in [-0.39, 0.29) is 5.97 Å². The van der Waals surface area contributed by atoms with E-state index in [0.29, 0.717) is 29.0 Å². The van der Waals surface area contributed by atoms with Gasteiger partial charge in [-0.3, -0.25) is 4.68 Å². The fourth-order valence-electron chi connectivity index (χ4n) is 2.62. The first kappa shape index (κ1) is 15.6. The highest BCUT2D eigenvalue weighted by Crippen LogP contribution is 2.36. The molecule has 0 unspecified atom stereocenters. The maximum atomic E-state index is 12.5. The highest BCUT2D eigenvalue weighted by atomic mass is 32.2. The van der Waals surface area contributed by atoms with Crippen molar-refractivity contribution in [1.82, 2.24) is 24.5 Å². The van der Waals surface area contributed by atoms with Gasteiger partial charge in [0.25, 0.3) is 0 Å². The van der Waals surface area contributed by atoms with Gasteiger partial charge in [-0.1, -0.05) is 11.8 Å². The van der Waals surface area contributed by atoms with E-state index in [0.717, 1.165) is 5.69 Å². The number of thioether (sulfide) groups is 1. The third-order valence-corrected chi connectivity index (χ3v) is 4.19. The molecule has 8 nitrogen and oxygen atoms in total.